The fourth-order valence-electron chi connectivity index (χ4n) is 7.42. The van der Waals surface area contributed by atoms with Crippen LogP contribution in [-0.2, 0) is 9.53 Å². The Labute approximate surface area is 152 Å². The molecule has 0 radical (unpaired) electrons. The average Bonchev–Trinajstić information content (AvgIpc) is 2.88. The van der Waals surface area contributed by atoms with Crippen LogP contribution in [0.1, 0.15) is 58.8 Å². The van der Waals surface area contributed by atoms with E-state index >= 15 is 0 Å². The number of hydrogen-bond donors (Lipinski definition) is 0. The van der Waals surface area contributed by atoms with Crippen LogP contribution in [0.5, 0.6) is 0 Å². The Kier molecular flexibility index (Phi) is 4.13. The molecule has 0 bridgehead atoms. The van der Waals surface area contributed by atoms with Crippen LogP contribution < -0.4 is 0 Å². The first-order valence-electron chi connectivity index (χ1n) is 10.1. The molecule has 0 heterocycles. The van der Waals surface area contributed by atoms with Gasteiger partial charge in [-0.1, -0.05) is 26.0 Å². The summed E-state index contributed by atoms with van der Waals surface area (Å²) < 4.78 is 6.13. The van der Waals surface area contributed by atoms with Crippen molar-refractivity contribution in [3.63, 3.8) is 0 Å². The number of allylic oxidation sites excluding steroid dienone is 1. The molecule has 0 aliphatic heterocycles. The molecular weight excluding hydrogens is 308 g/mol. The maximum absolute atomic E-state index is 11.9. The lowest BCUT2D eigenvalue weighted by Crippen LogP contribution is -2.54. The molecular formula is C23H32O2. The summed E-state index contributed by atoms with van der Waals surface area (Å²) in [4.78, 5) is 11.9. The summed E-state index contributed by atoms with van der Waals surface area (Å²) in [5.74, 6) is 3.93. The zero-order valence-corrected chi connectivity index (χ0v) is 16.0. The molecule has 4 rings (SSSR count). The van der Waals surface area contributed by atoms with E-state index in [0.717, 1.165) is 37.5 Å². The predicted molar refractivity (Wildman–Crippen MR) is 100 cm³/mol. The average molecular weight is 341 g/mol. The van der Waals surface area contributed by atoms with E-state index in [0.29, 0.717) is 23.5 Å². The summed E-state index contributed by atoms with van der Waals surface area (Å²) >= 11 is 0. The molecule has 0 N–H and O–H groups in total. The minimum absolute atomic E-state index is 0.188. The molecule has 3 fully saturated rings. The van der Waals surface area contributed by atoms with Crippen LogP contribution in [0.25, 0.3) is 0 Å². The van der Waals surface area contributed by atoms with Crippen molar-refractivity contribution in [2.24, 2.45) is 35.0 Å². The highest BCUT2D eigenvalue weighted by molar-refractivity contribution is 5.91. The number of rotatable bonds is 2. The highest BCUT2D eigenvalue weighted by Gasteiger charge is 2.63. The largest absolute Gasteiger partial charge is 0.373 e. The van der Waals surface area contributed by atoms with Crippen LogP contribution in [0.3, 0.4) is 0 Å². The van der Waals surface area contributed by atoms with Crippen LogP contribution in [0.4, 0.5) is 0 Å². The van der Waals surface area contributed by atoms with Gasteiger partial charge in [0.25, 0.3) is 0 Å². The van der Waals surface area contributed by atoms with Gasteiger partial charge in [0, 0.05) is 18.9 Å². The van der Waals surface area contributed by atoms with Crippen LogP contribution in [0, 0.1) is 35.0 Å². The Morgan fingerprint density at radius 1 is 1.32 bits per heavy atom. The molecule has 3 saturated carbocycles. The van der Waals surface area contributed by atoms with E-state index in [4.69, 9.17) is 4.74 Å². The van der Waals surface area contributed by atoms with Crippen molar-refractivity contribution in [2.45, 2.75) is 64.4 Å². The fraction of sp³-hybridized carbons (Fsp3) is 0.739. The molecule has 136 valence electrons. The summed E-state index contributed by atoms with van der Waals surface area (Å²) in [7, 11) is 1.87. The number of ether oxygens (including phenoxy) is 1. The van der Waals surface area contributed by atoms with Crippen molar-refractivity contribution >= 4 is 5.78 Å². The number of methoxy groups -OCH3 is 1. The summed E-state index contributed by atoms with van der Waals surface area (Å²) in [6.45, 7) is 8.73. The van der Waals surface area contributed by atoms with Crippen molar-refractivity contribution in [1.82, 2.24) is 0 Å². The molecule has 0 saturated heterocycles. The normalized spacial score (nSPS) is 48.7. The van der Waals surface area contributed by atoms with Gasteiger partial charge in [0.05, 0.1) is 5.60 Å². The molecule has 2 heteroatoms. The van der Waals surface area contributed by atoms with Crippen molar-refractivity contribution in [2.75, 3.05) is 7.11 Å². The Hall–Kier alpha value is -1.11. The third kappa shape index (κ3) is 2.30. The van der Waals surface area contributed by atoms with Crippen molar-refractivity contribution in [1.29, 1.82) is 0 Å². The van der Waals surface area contributed by atoms with Gasteiger partial charge in [-0.3, -0.25) is 4.79 Å². The molecule has 0 aromatic carbocycles. The molecule has 0 aromatic heterocycles. The lowest BCUT2D eigenvalue weighted by Gasteiger charge is -2.57. The summed E-state index contributed by atoms with van der Waals surface area (Å²) in [5.41, 5.74) is 4.51. The lowest BCUT2D eigenvalue weighted by atomic mass is 9.48. The number of hydrogen-bond acceptors (Lipinski definition) is 2. The first-order chi connectivity index (χ1) is 12.0. The monoisotopic (exact) mass is 340 g/mol. The Morgan fingerprint density at radius 3 is 2.84 bits per heavy atom. The van der Waals surface area contributed by atoms with Crippen LogP contribution in [0.2, 0.25) is 0 Å². The Morgan fingerprint density at radius 2 is 2.12 bits per heavy atom. The fourth-order valence-corrected chi connectivity index (χ4v) is 7.42. The predicted octanol–water partition coefficient (Wildman–Crippen LogP) is 5.10. The van der Waals surface area contributed by atoms with Gasteiger partial charge in [-0.2, -0.15) is 0 Å². The number of carbonyl (C=O) groups excluding carboxylic acids is 1. The molecule has 4 aliphatic carbocycles. The Bertz CT molecular complexity index is 655. The van der Waals surface area contributed by atoms with Gasteiger partial charge in [-0.15, -0.1) is 5.73 Å². The molecule has 0 aromatic rings. The molecule has 0 spiro atoms. The maximum atomic E-state index is 11.9. The van der Waals surface area contributed by atoms with Crippen LogP contribution in [-0.4, -0.2) is 18.5 Å². The third-order valence-corrected chi connectivity index (χ3v) is 8.52. The first kappa shape index (κ1) is 17.3. The number of fused-ring (bicyclic) bond motifs is 5. The molecule has 0 amide bonds. The van der Waals surface area contributed by atoms with Crippen molar-refractivity contribution < 1.29 is 9.53 Å². The summed E-state index contributed by atoms with van der Waals surface area (Å²) in [5, 5.41) is 0. The van der Waals surface area contributed by atoms with E-state index in [2.05, 4.69) is 32.2 Å². The summed E-state index contributed by atoms with van der Waals surface area (Å²) in [6, 6.07) is 0. The maximum Gasteiger partial charge on any atom is 0.155 e. The van der Waals surface area contributed by atoms with Crippen LogP contribution in [0.15, 0.2) is 30.0 Å². The van der Waals surface area contributed by atoms with Crippen molar-refractivity contribution in [3.8, 4) is 0 Å². The van der Waals surface area contributed by atoms with E-state index < -0.39 is 0 Å². The quantitative estimate of drug-likeness (QED) is 0.654. The van der Waals surface area contributed by atoms with E-state index in [1.54, 1.807) is 0 Å². The van der Waals surface area contributed by atoms with Crippen LogP contribution >= 0.6 is 0 Å². The van der Waals surface area contributed by atoms with E-state index in [1.807, 2.05) is 13.2 Å². The second-order valence-electron chi connectivity index (χ2n) is 9.30. The smallest absolute Gasteiger partial charge is 0.155 e. The minimum Gasteiger partial charge on any atom is -0.373 e. The Balaban J connectivity index is 1.70. The topological polar surface area (TPSA) is 26.3 Å². The second-order valence-corrected chi connectivity index (χ2v) is 9.30. The molecule has 0 unspecified atom stereocenters. The molecule has 25 heavy (non-hydrogen) atoms. The molecule has 7 atom stereocenters. The highest BCUT2D eigenvalue weighted by atomic mass is 16.5. The SMILES string of the molecule is C=C=C[C@]1(OC)CC[C@H]2[C@H]3[C@H](CC[C@@]21C)[C@H]1CCC(=O)C=C1C[C@H]3C. The van der Waals surface area contributed by atoms with Gasteiger partial charge in [0.1, 0.15) is 0 Å². The summed E-state index contributed by atoms with van der Waals surface area (Å²) in [6.07, 6.45) is 11.9. The zero-order chi connectivity index (χ0) is 17.8. The second kappa shape index (κ2) is 5.96. The van der Waals surface area contributed by atoms with Gasteiger partial charge in [0.2, 0.25) is 0 Å². The highest BCUT2D eigenvalue weighted by Crippen LogP contribution is 2.66. The molecule has 4 aliphatic rings. The number of ketones is 1. The van der Waals surface area contributed by atoms with E-state index in [9.17, 15) is 4.79 Å². The van der Waals surface area contributed by atoms with Gasteiger partial charge < -0.3 is 4.74 Å². The number of carbonyl (C=O) groups is 1. The zero-order valence-electron chi connectivity index (χ0n) is 16.0. The van der Waals surface area contributed by atoms with Gasteiger partial charge in [0.15, 0.2) is 5.78 Å². The van der Waals surface area contributed by atoms with E-state index in [-0.39, 0.29) is 11.0 Å². The molecule has 2 nitrogen and oxygen atoms in total. The van der Waals surface area contributed by atoms with Crippen molar-refractivity contribution in [3.05, 3.63) is 30.0 Å². The van der Waals surface area contributed by atoms with Gasteiger partial charge in [-0.25, -0.2) is 0 Å². The standard InChI is InChI=1S/C23H32O2/c1-5-10-23(25-4)12-9-20-21-15(2)13-16-14-17(24)6-7-18(16)19(21)8-11-22(20,23)3/h10,14-15,18-21H,1,6-9,11-13H2,2-4H3/t15-,18+,19-,20+,21-,22+,23+/m1/s1. The first-order valence-corrected chi connectivity index (χ1v) is 10.1. The van der Waals surface area contributed by atoms with E-state index in [1.165, 1.54) is 24.8 Å². The van der Waals surface area contributed by atoms with Gasteiger partial charge in [-0.05, 0) is 80.3 Å². The third-order valence-electron chi connectivity index (χ3n) is 8.52. The minimum atomic E-state index is -0.192. The van der Waals surface area contributed by atoms with Gasteiger partial charge >= 0.3 is 0 Å². The lowest BCUT2D eigenvalue weighted by molar-refractivity contribution is -0.122.